The first-order valence-electron chi connectivity index (χ1n) is 8.81. The molecule has 3 heteroatoms. The summed E-state index contributed by atoms with van der Waals surface area (Å²) in [6, 6.07) is 13.7. The van der Waals surface area contributed by atoms with Crippen molar-refractivity contribution in [3.8, 4) is 0 Å². The van der Waals surface area contributed by atoms with Gasteiger partial charge in [-0.1, -0.05) is 65.0 Å². The molecule has 0 fully saturated rings. The zero-order valence-corrected chi connectivity index (χ0v) is 15.8. The Hall–Kier alpha value is -2.29. The van der Waals surface area contributed by atoms with E-state index in [1.807, 2.05) is 42.6 Å². The van der Waals surface area contributed by atoms with Gasteiger partial charge in [0.2, 0.25) is 0 Å². The molecule has 3 nitrogen and oxygen atoms in total. The fraction of sp³-hybridized carbons (Fsp3) is 0.409. The molecule has 2 heterocycles. The average Bonchev–Trinajstić information content (AvgIpc) is 2.86. The molecule has 0 radical (unpaired) electrons. The van der Waals surface area contributed by atoms with Crippen molar-refractivity contribution in [2.24, 2.45) is 10.8 Å². The van der Waals surface area contributed by atoms with Gasteiger partial charge in [-0.25, -0.2) is 0 Å². The Balaban J connectivity index is 1.99. The van der Waals surface area contributed by atoms with Gasteiger partial charge in [0, 0.05) is 23.2 Å². The Morgan fingerprint density at radius 2 is 1.80 bits per heavy atom. The minimum Gasteiger partial charge on any atom is -0.492 e. The second-order valence-corrected chi connectivity index (χ2v) is 8.49. The third-order valence-electron chi connectivity index (χ3n) is 4.69. The highest BCUT2D eigenvalue weighted by Gasteiger charge is 2.41. The number of nitrogens with zero attached hydrogens (tertiary/aromatic N) is 1. The number of pyridine rings is 1. The predicted molar refractivity (Wildman–Crippen MR) is 102 cm³/mol. The highest BCUT2D eigenvalue weighted by atomic mass is 16.5. The molecule has 0 N–H and O–H groups in total. The maximum absolute atomic E-state index is 12.6. The molecule has 132 valence electrons. The summed E-state index contributed by atoms with van der Waals surface area (Å²) in [6.07, 6.45) is 1.87. The number of benzene rings is 1. The standard InChI is InChI=1S/C22H27NO2/c1-21(2,3)20-19(25-15-22(20,4)5)17-11-12-23(18(24)13-17)14-16-9-7-6-8-10-16/h6-13H,14-15H2,1-5H3. The topological polar surface area (TPSA) is 31.2 Å². The lowest BCUT2D eigenvalue weighted by atomic mass is 9.71. The molecule has 0 unspecified atom stereocenters. The minimum atomic E-state index is -0.0213. The second kappa shape index (κ2) is 6.21. The van der Waals surface area contributed by atoms with Crippen molar-refractivity contribution in [2.45, 2.75) is 41.2 Å². The highest BCUT2D eigenvalue weighted by molar-refractivity contribution is 5.67. The van der Waals surface area contributed by atoms with Crippen LogP contribution < -0.4 is 5.56 Å². The molecule has 2 aromatic rings. The lowest BCUT2D eigenvalue weighted by molar-refractivity contribution is 0.213. The van der Waals surface area contributed by atoms with Gasteiger partial charge in [0.15, 0.2) is 0 Å². The first-order valence-corrected chi connectivity index (χ1v) is 8.81. The fourth-order valence-corrected chi connectivity index (χ4v) is 3.85. The van der Waals surface area contributed by atoms with Crippen LogP contribution in [0.1, 0.15) is 45.7 Å². The summed E-state index contributed by atoms with van der Waals surface area (Å²) in [5.41, 5.74) is 3.24. The molecule has 1 aliphatic rings. The quantitative estimate of drug-likeness (QED) is 0.812. The number of ether oxygens (including phenoxy) is 1. The molecular formula is C22H27NO2. The molecule has 0 aliphatic carbocycles. The molecule has 0 saturated heterocycles. The van der Waals surface area contributed by atoms with Crippen LogP contribution in [0.2, 0.25) is 0 Å². The zero-order chi connectivity index (χ0) is 18.2. The Morgan fingerprint density at radius 3 is 2.40 bits per heavy atom. The fourth-order valence-electron chi connectivity index (χ4n) is 3.85. The summed E-state index contributed by atoms with van der Waals surface area (Å²) in [5, 5.41) is 0. The minimum absolute atomic E-state index is 0.00424. The maximum atomic E-state index is 12.6. The van der Waals surface area contributed by atoms with E-state index < -0.39 is 0 Å². The zero-order valence-electron chi connectivity index (χ0n) is 15.8. The Labute approximate surface area is 150 Å². The van der Waals surface area contributed by atoms with Gasteiger partial charge in [-0.3, -0.25) is 4.79 Å². The van der Waals surface area contributed by atoms with Crippen LogP contribution in [-0.4, -0.2) is 11.2 Å². The molecule has 0 amide bonds. The molecule has 1 aromatic carbocycles. The molecule has 0 atom stereocenters. The van der Waals surface area contributed by atoms with Gasteiger partial charge in [0.05, 0.1) is 13.2 Å². The van der Waals surface area contributed by atoms with Gasteiger partial charge in [0.1, 0.15) is 5.76 Å². The lowest BCUT2D eigenvalue weighted by Gasteiger charge is -2.30. The van der Waals surface area contributed by atoms with E-state index in [-0.39, 0.29) is 16.4 Å². The molecular weight excluding hydrogens is 310 g/mol. The Morgan fingerprint density at radius 1 is 1.12 bits per heavy atom. The van der Waals surface area contributed by atoms with Crippen LogP contribution in [0, 0.1) is 10.8 Å². The van der Waals surface area contributed by atoms with Gasteiger partial charge in [-0.15, -0.1) is 0 Å². The second-order valence-electron chi connectivity index (χ2n) is 8.49. The Bertz CT molecular complexity index is 852. The number of hydrogen-bond donors (Lipinski definition) is 0. The van der Waals surface area contributed by atoms with Crippen molar-refractivity contribution in [3.63, 3.8) is 0 Å². The van der Waals surface area contributed by atoms with Gasteiger partial charge < -0.3 is 9.30 Å². The highest BCUT2D eigenvalue weighted by Crippen LogP contribution is 2.49. The van der Waals surface area contributed by atoms with Crippen molar-refractivity contribution in [1.29, 1.82) is 0 Å². The lowest BCUT2D eigenvalue weighted by Crippen LogP contribution is -2.24. The predicted octanol–water partition coefficient (Wildman–Crippen LogP) is 4.71. The van der Waals surface area contributed by atoms with E-state index in [4.69, 9.17) is 4.74 Å². The van der Waals surface area contributed by atoms with E-state index in [1.54, 1.807) is 10.6 Å². The monoisotopic (exact) mass is 337 g/mol. The largest absolute Gasteiger partial charge is 0.492 e. The maximum Gasteiger partial charge on any atom is 0.251 e. The molecule has 0 saturated carbocycles. The molecule has 0 bridgehead atoms. The first kappa shape index (κ1) is 17.5. The first-order chi connectivity index (χ1) is 11.7. The third-order valence-corrected chi connectivity index (χ3v) is 4.69. The van der Waals surface area contributed by atoms with Crippen molar-refractivity contribution >= 4 is 5.76 Å². The molecule has 1 aliphatic heterocycles. The SMILES string of the molecule is CC(C)(C)C1=C(c2ccn(Cc3ccccc3)c(=O)c2)OCC1(C)C. The van der Waals surface area contributed by atoms with Gasteiger partial charge in [-0.2, -0.15) is 0 Å². The van der Waals surface area contributed by atoms with E-state index in [2.05, 4.69) is 34.6 Å². The summed E-state index contributed by atoms with van der Waals surface area (Å²) in [7, 11) is 0. The number of hydrogen-bond acceptors (Lipinski definition) is 2. The summed E-state index contributed by atoms with van der Waals surface area (Å²) < 4.78 is 7.77. The van der Waals surface area contributed by atoms with Crippen LogP contribution >= 0.6 is 0 Å². The number of aromatic nitrogens is 1. The summed E-state index contributed by atoms with van der Waals surface area (Å²) in [5.74, 6) is 0.876. The summed E-state index contributed by atoms with van der Waals surface area (Å²) >= 11 is 0. The Kier molecular flexibility index (Phi) is 4.36. The van der Waals surface area contributed by atoms with Crippen molar-refractivity contribution < 1.29 is 4.74 Å². The number of rotatable bonds is 3. The van der Waals surface area contributed by atoms with E-state index in [1.165, 1.54) is 5.57 Å². The third kappa shape index (κ3) is 3.55. The van der Waals surface area contributed by atoms with Crippen LogP contribution in [-0.2, 0) is 11.3 Å². The van der Waals surface area contributed by atoms with Crippen LogP contribution in [0.15, 0.2) is 59.0 Å². The van der Waals surface area contributed by atoms with Crippen LogP contribution in [0.3, 0.4) is 0 Å². The van der Waals surface area contributed by atoms with Crippen LogP contribution in [0.4, 0.5) is 0 Å². The van der Waals surface area contributed by atoms with E-state index in [0.29, 0.717) is 13.2 Å². The van der Waals surface area contributed by atoms with Crippen LogP contribution in [0.5, 0.6) is 0 Å². The molecule has 25 heavy (non-hydrogen) atoms. The molecule has 0 spiro atoms. The summed E-state index contributed by atoms with van der Waals surface area (Å²) in [4.78, 5) is 12.6. The average molecular weight is 337 g/mol. The van der Waals surface area contributed by atoms with Crippen molar-refractivity contribution in [2.75, 3.05) is 6.61 Å². The molecule has 3 rings (SSSR count). The van der Waals surface area contributed by atoms with Crippen LogP contribution in [0.25, 0.3) is 5.76 Å². The smallest absolute Gasteiger partial charge is 0.251 e. The van der Waals surface area contributed by atoms with Gasteiger partial charge in [0.25, 0.3) is 5.56 Å². The van der Waals surface area contributed by atoms with Crippen molar-refractivity contribution in [3.05, 3.63) is 75.7 Å². The van der Waals surface area contributed by atoms with E-state index in [0.717, 1.165) is 16.9 Å². The van der Waals surface area contributed by atoms with E-state index in [9.17, 15) is 4.79 Å². The van der Waals surface area contributed by atoms with Gasteiger partial charge in [-0.05, 0) is 22.6 Å². The van der Waals surface area contributed by atoms with E-state index >= 15 is 0 Å². The summed E-state index contributed by atoms with van der Waals surface area (Å²) in [6.45, 7) is 12.3. The normalized spacial score (nSPS) is 16.8. The van der Waals surface area contributed by atoms with Crippen molar-refractivity contribution in [1.82, 2.24) is 4.57 Å². The van der Waals surface area contributed by atoms with Gasteiger partial charge >= 0.3 is 0 Å². The molecule has 1 aromatic heterocycles.